The molecule has 0 aromatic carbocycles. The maximum absolute atomic E-state index is 12.2. The van der Waals surface area contributed by atoms with Crippen molar-refractivity contribution in [3.8, 4) is 11.4 Å². The van der Waals surface area contributed by atoms with Gasteiger partial charge in [-0.25, -0.2) is 0 Å². The Labute approximate surface area is 152 Å². The van der Waals surface area contributed by atoms with Crippen LogP contribution in [0.25, 0.3) is 11.4 Å². The van der Waals surface area contributed by atoms with Crippen LogP contribution >= 0.6 is 11.8 Å². The number of hydrogen-bond acceptors (Lipinski definition) is 6. The Bertz CT molecular complexity index is 658. The quantitative estimate of drug-likeness (QED) is 0.476. The van der Waals surface area contributed by atoms with Crippen molar-refractivity contribution in [3.63, 3.8) is 0 Å². The Morgan fingerprint density at radius 3 is 2.60 bits per heavy atom. The van der Waals surface area contributed by atoms with E-state index >= 15 is 0 Å². The fraction of sp³-hybridized carbons (Fsp3) is 0.529. The van der Waals surface area contributed by atoms with E-state index in [1.54, 1.807) is 19.5 Å². The Morgan fingerprint density at radius 2 is 1.96 bits per heavy atom. The Balaban J connectivity index is 2.16. The van der Waals surface area contributed by atoms with E-state index in [-0.39, 0.29) is 5.91 Å². The van der Waals surface area contributed by atoms with E-state index in [0.29, 0.717) is 12.4 Å². The Hall–Kier alpha value is -1.93. The number of amides is 1. The minimum absolute atomic E-state index is 0.118. The number of thioether (sulfide) groups is 1. The van der Waals surface area contributed by atoms with Crippen LogP contribution in [0.3, 0.4) is 0 Å². The summed E-state index contributed by atoms with van der Waals surface area (Å²) in [7, 11) is 1.69. The van der Waals surface area contributed by atoms with Gasteiger partial charge in [0.25, 0.3) is 0 Å². The summed E-state index contributed by atoms with van der Waals surface area (Å²) in [5.41, 5.74) is 0.960. The van der Waals surface area contributed by atoms with Crippen LogP contribution in [-0.4, -0.2) is 63.1 Å². The van der Waals surface area contributed by atoms with Gasteiger partial charge < -0.3 is 14.2 Å². The average Bonchev–Trinajstić information content (AvgIpc) is 3.05. The van der Waals surface area contributed by atoms with Gasteiger partial charge in [-0.1, -0.05) is 11.8 Å². The molecule has 2 heterocycles. The zero-order valence-corrected chi connectivity index (χ0v) is 15.8. The van der Waals surface area contributed by atoms with Gasteiger partial charge in [0.1, 0.15) is 0 Å². The lowest BCUT2D eigenvalue weighted by atomic mass is 10.2. The molecule has 0 aliphatic heterocycles. The van der Waals surface area contributed by atoms with Gasteiger partial charge in [0.15, 0.2) is 11.0 Å². The van der Waals surface area contributed by atoms with Crippen LogP contribution in [0.4, 0.5) is 0 Å². The molecular weight excluding hydrogens is 338 g/mol. The summed E-state index contributed by atoms with van der Waals surface area (Å²) in [5.74, 6) is 1.27. The highest BCUT2D eigenvalue weighted by molar-refractivity contribution is 7.99. The molecule has 0 saturated heterocycles. The smallest absolute Gasteiger partial charge is 0.233 e. The van der Waals surface area contributed by atoms with Crippen LogP contribution in [0.15, 0.2) is 29.7 Å². The van der Waals surface area contributed by atoms with Gasteiger partial charge in [-0.15, -0.1) is 10.2 Å². The SMILES string of the molecule is CCN(CC)C(=O)CSc1nnc(-c2ccncc2)n1CCCOC. The first-order valence-corrected chi connectivity index (χ1v) is 9.42. The van der Waals surface area contributed by atoms with E-state index in [1.165, 1.54) is 11.8 Å². The third-order valence-corrected chi connectivity index (χ3v) is 4.78. The van der Waals surface area contributed by atoms with Gasteiger partial charge in [0, 0.05) is 51.3 Å². The molecule has 25 heavy (non-hydrogen) atoms. The van der Waals surface area contributed by atoms with Crippen molar-refractivity contribution in [2.24, 2.45) is 0 Å². The lowest BCUT2D eigenvalue weighted by Gasteiger charge is -2.18. The number of nitrogens with zero attached hydrogens (tertiary/aromatic N) is 5. The summed E-state index contributed by atoms with van der Waals surface area (Å²) >= 11 is 1.43. The summed E-state index contributed by atoms with van der Waals surface area (Å²) in [5, 5.41) is 9.38. The van der Waals surface area contributed by atoms with E-state index in [1.807, 2.05) is 30.9 Å². The molecule has 0 bridgehead atoms. The second-order valence-corrected chi connectivity index (χ2v) is 6.34. The molecule has 7 nitrogen and oxygen atoms in total. The van der Waals surface area contributed by atoms with Crippen LogP contribution in [0.5, 0.6) is 0 Å². The van der Waals surface area contributed by atoms with Crippen LogP contribution < -0.4 is 0 Å². The molecule has 8 heteroatoms. The molecule has 0 radical (unpaired) electrons. The van der Waals surface area contributed by atoms with Crippen molar-refractivity contribution in [2.75, 3.05) is 32.6 Å². The topological polar surface area (TPSA) is 73.1 Å². The molecular formula is C17H25N5O2S. The predicted molar refractivity (Wildman–Crippen MR) is 98.4 cm³/mol. The molecule has 0 aliphatic carbocycles. The van der Waals surface area contributed by atoms with Crippen LogP contribution in [0.2, 0.25) is 0 Å². The minimum atomic E-state index is 0.118. The first-order chi connectivity index (χ1) is 12.2. The molecule has 136 valence electrons. The molecule has 2 rings (SSSR count). The molecule has 0 saturated carbocycles. The maximum atomic E-state index is 12.2. The fourth-order valence-electron chi connectivity index (χ4n) is 2.47. The van der Waals surface area contributed by atoms with Gasteiger partial charge in [0.2, 0.25) is 5.91 Å². The van der Waals surface area contributed by atoms with E-state index in [9.17, 15) is 4.79 Å². The first-order valence-electron chi connectivity index (χ1n) is 8.44. The third kappa shape index (κ3) is 5.27. The highest BCUT2D eigenvalue weighted by Crippen LogP contribution is 2.24. The third-order valence-electron chi connectivity index (χ3n) is 3.83. The van der Waals surface area contributed by atoms with Crippen molar-refractivity contribution < 1.29 is 9.53 Å². The summed E-state index contributed by atoms with van der Waals surface area (Å²) in [6.45, 7) is 6.82. The zero-order chi connectivity index (χ0) is 18.1. The Kier molecular flexibility index (Phi) is 7.87. The highest BCUT2D eigenvalue weighted by Gasteiger charge is 2.17. The summed E-state index contributed by atoms with van der Waals surface area (Å²) < 4.78 is 7.20. The average molecular weight is 363 g/mol. The van der Waals surface area contributed by atoms with Crippen molar-refractivity contribution >= 4 is 17.7 Å². The molecule has 0 atom stereocenters. The number of carbonyl (C=O) groups is 1. The molecule has 0 fully saturated rings. The lowest BCUT2D eigenvalue weighted by Crippen LogP contribution is -2.31. The summed E-state index contributed by atoms with van der Waals surface area (Å²) in [6.07, 6.45) is 4.32. The maximum Gasteiger partial charge on any atom is 0.233 e. The van der Waals surface area contributed by atoms with E-state index < -0.39 is 0 Å². The molecule has 2 aromatic rings. The lowest BCUT2D eigenvalue weighted by molar-refractivity contribution is -0.127. The second-order valence-electron chi connectivity index (χ2n) is 5.39. The summed E-state index contributed by atoms with van der Waals surface area (Å²) in [4.78, 5) is 18.1. The van der Waals surface area contributed by atoms with Crippen molar-refractivity contribution in [1.29, 1.82) is 0 Å². The van der Waals surface area contributed by atoms with Crippen LogP contribution in [0.1, 0.15) is 20.3 Å². The molecule has 0 N–H and O–H groups in total. The number of hydrogen-bond donors (Lipinski definition) is 0. The Morgan fingerprint density at radius 1 is 1.24 bits per heavy atom. The highest BCUT2D eigenvalue weighted by atomic mass is 32.2. The van der Waals surface area contributed by atoms with Crippen molar-refractivity contribution in [3.05, 3.63) is 24.5 Å². The van der Waals surface area contributed by atoms with Gasteiger partial charge in [-0.2, -0.15) is 0 Å². The largest absolute Gasteiger partial charge is 0.385 e. The van der Waals surface area contributed by atoms with E-state index in [2.05, 4.69) is 19.7 Å². The minimum Gasteiger partial charge on any atom is -0.385 e. The van der Waals surface area contributed by atoms with E-state index in [0.717, 1.165) is 42.6 Å². The van der Waals surface area contributed by atoms with Gasteiger partial charge in [-0.3, -0.25) is 9.78 Å². The monoisotopic (exact) mass is 363 g/mol. The number of rotatable bonds is 10. The number of ether oxygens (including phenoxy) is 1. The normalized spacial score (nSPS) is 10.8. The molecule has 0 unspecified atom stereocenters. The second kappa shape index (κ2) is 10.1. The number of methoxy groups -OCH3 is 1. The molecule has 0 aliphatic rings. The fourth-order valence-corrected chi connectivity index (χ4v) is 3.34. The van der Waals surface area contributed by atoms with Crippen molar-refractivity contribution in [1.82, 2.24) is 24.6 Å². The summed E-state index contributed by atoms with van der Waals surface area (Å²) in [6, 6.07) is 3.82. The molecule has 2 aromatic heterocycles. The first kappa shape index (κ1) is 19.4. The van der Waals surface area contributed by atoms with Gasteiger partial charge in [-0.05, 0) is 32.4 Å². The number of pyridine rings is 1. The van der Waals surface area contributed by atoms with Gasteiger partial charge in [0.05, 0.1) is 5.75 Å². The van der Waals surface area contributed by atoms with Crippen molar-refractivity contribution in [2.45, 2.75) is 32.0 Å². The van der Waals surface area contributed by atoms with E-state index in [4.69, 9.17) is 4.74 Å². The number of aromatic nitrogens is 4. The number of carbonyl (C=O) groups excluding carboxylic acids is 1. The zero-order valence-electron chi connectivity index (χ0n) is 15.0. The molecule has 0 spiro atoms. The van der Waals surface area contributed by atoms with Crippen LogP contribution in [-0.2, 0) is 16.1 Å². The standard InChI is InChI=1S/C17H25N5O2S/c1-4-21(5-2)15(23)13-25-17-20-19-16(14-7-9-18-10-8-14)22(17)11-6-12-24-3/h7-10H,4-6,11-13H2,1-3H3. The van der Waals surface area contributed by atoms with Crippen LogP contribution in [0, 0.1) is 0 Å². The predicted octanol–water partition coefficient (Wildman–Crippen LogP) is 2.34. The molecule has 1 amide bonds. The van der Waals surface area contributed by atoms with Gasteiger partial charge >= 0.3 is 0 Å².